The summed E-state index contributed by atoms with van der Waals surface area (Å²) in [4.78, 5) is 29.6. The van der Waals surface area contributed by atoms with Crippen LogP contribution in [-0.2, 0) is 4.79 Å². The highest BCUT2D eigenvalue weighted by Crippen LogP contribution is 2.30. The van der Waals surface area contributed by atoms with E-state index >= 15 is 0 Å². The van der Waals surface area contributed by atoms with Gasteiger partial charge in [-0.3, -0.25) is 14.6 Å². The minimum Gasteiger partial charge on any atom is -0.504 e. The number of hydrogen-bond acceptors (Lipinski definition) is 8. The number of aromatic hydroxyl groups is 2. The van der Waals surface area contributed by atoms with Gasteiger partial charge in [0.15, 0.2) is 11.5 Å². The first-order valence-corrected chi connectivity index (χ1v) is 13.3. The highest BCUT2D eigenvalue weighted by atomic mass is 35.5. The van der Waals surface area contributed by atoms with Crippen LogP contribution in [-0.4, -0.2) is 59.6 Å². The lowest BCUT2D eigenvalue weighted by molar-refractivity contribution is -0.121. The van der Waals surface area contributed by atoms with Crippen molar-refractivity contribution in [2.24, 2.45) is 10.7 Å². The van der Waals surface area contributed by atoms with Gasteiger partial charge in [0.2, 0.25) is 5.91 Å². The second kappa shape index (κ2) is 13.2. The zero-order valence-corrected chi connectivity index (χ0v) is 22.7. The van der Waals surface area contributed by atoms with Crippen molar-refractivity contribution in [3.63, 3.8) is 0 Å². The van der Waals surface area contributed by atoms with Crippen molar-refractivity contribution in [2.75, 3.05) is 25.0 Å². The fourth-order valence-electron chi connectivity index (χ4n) is 4.27. The Morgan fingerprint density at radius 2 is 1.88 bits per heavy atom. The van der Waals surface area contributed by atoms with Crippen LogP contribution in [0.3, 0.4) is 0 Å². The lowest BCUT2D eigenvalue weighted by atomic mass is 10.00. The lowest BCUT2D eigenvalue weighted by Gasteiger charge is -2.20. The Bertz CT molecular complexity index is 1400. The topological polar surface area (TPSA) is 158 Å². The fraction of sp³-hybridized carbons (Fsp3) is 0.276. The van der Waals surface area contributed by atoms with Gasteiger partial charge in [-0.05, 0) is 55.8 Å². The number of para-hydroxylation sites is 1. The van der Waals surface area contributed by atoms with Gasteiger partial charge in [-0.1, -0.05) is 29.8 Å². The molecule has 0 aliphatic carbocycles. The number of carbonyl (C=O) groups is 2. The number of phenolic OH excluding ortho intramolecular Hbond substituents is 2. The Kier molecular flexibility index (Phi) is 9.47. The van der Waals surface area contributed by atoms with Gasteiger partial charge in [0.05, 0.1) is 36.5 Å². The number of halogens is 1. The summed E-state index contributed by atoms with van der Waals surface area (Å²) in [6.45, 7) is 2.99. The predicted octanol–water partition coefficient (Wildman–Crippen LogP) is 3.39. The quantitative estimate of drug-likeness (QED) is 0.162. The van der Waals surface area contributed by atoms with Gasteiger partial charge < -0.3 is 36.6 Å². The third-order valence-electron chi connectivity index (χ3n) is 6.30. The van der Waals surface area contributed by atoms with Gasteiger partial charge in [-0.15, -0.1) is 0 Å². The van der Waals surface area contributed by atoms with Crippen molar-refractivity contribution in [1.82, 2.24) is 10.6 Å². The number of nitrogens with one attached hydrogen (secondary N) is 3. The van der Waals surface area contributed by atoms with Crippen LogP contribution in [0.25, 0.3) is 0 Å². The van der Waals surface area contributed by atoms with Crippen molar-refractivity contribution in [1.29, 1.82) is 0 Å². The minimum atomic E-state index is -0.590. The molecule has 0 bridgehead atoms. The second-order valence-electron chi connectivity index (χ2n) is 9.22. The number of anilines is 1. The highest BCUT2D eigenvalue weighted by Gasteiger charge is 2.27. The van der Waals surface area contributed by atoms with Gasteiger partial charge >= 0.3 is 0 Å². The maximum atomic E-state index is 12.4. The molecule has 11 heteroatoms. The molecule has 1 aliphatic heterocycles. The summed E-state index contributed by atoms with van der Waals surface area (Å²) in [5.41, 5.74) is 9.42. The van der Waals surface area contributed by atoms with Crippen LogP contribution in [0.4, 0.5) is 5.69 Å². The van der Waals surface area contributed by atoms with Crippen molar-refractivity contribution in [3.05, 3.63) is 82.4 Å². The molecule has 40 heavy (non-hydrogen) atoms. The van der Waals surface area contributed by atoms with E-state index in [1.807, 2.05) is 37.3 Å². The number of hydrogen-bond donors (Lipinski definition) is 6. The molecular weight excluding hydrogens is 534 g/mol. The van der Waals surface area contributed by atoms with Crippen LogP contribution in [0, 0.1) is 0 Å². The molecule has 7 N–H and O–H groups in total. The van der Waals surface area contributed by atoms with Gasteiger partial charge in [-0.2, -0.15) is 0 Å². The summed E-state index contributed by atoms with van der Waals surface area (Å²) in [7, 11) is 0. The molecule has 2 atom stereocenters. The molecule has 0 saturated carbocycles. The molecule has 0 fully saturated rings. The minimum absolute atomic E-state index is 0.00289. The van der Waals surface area contributed by atoms with E-state index in [9.17, 15) is 19.8 Å². The average molecular weight is 566 g/mol. The summed E-state index contributed by atoms with van der Waals surface area (Å²) in [5.74, 6) is -0.848. The summed E-state index contributed by atoms with van der Waals surface area (Å²) >= 11 is 6.12. The number of fused-ring (bicyclic) bond motifs is 1. The Labute approximate surface area is 237 Å². The maximum absolute atomic E-state index is 12.4. The third kappa shape index (κ3) is 7.02. The standard InChI is InChI=1S/C29H32ClN5O5/c1-2-32-25(37)16-23-28(31)35-22-12-11-19(15-21(22)26(34-23)17-7-9-18(30)10-8-17)40-14-4-13-33-29(39)20-5-3-6-24(36)27(20)38/h3,5-12,15,23,28,35-36,38H,2,4,13-14,16,31H2,1H3,(H,32,37)(H,33,39)/t23-,28?/m0/s1. The molecule has 0 aromatic heterocycles. The first-order valence-electron chi connectivity index (χ1n) is 13.0. The van der Waals surface area contributed by atoms with Crippen molar-refractivity contribution >= 4 is 34.8 Å². The van der Waals surface area contributed by atoms with E-state index in [-0.39, 0.29) is 23.6 Å². The Morgan fingerprint density at radius 1 is 1.10 bits per heavy atom. The molecule has 1 unspecified atom stereocenters. The summed E-state index contributed by atoms with van der Waals surface area (Å²) in [6, 6.07) is 16.5. The average Bonchev–Trinajstić information content (AvgIpc) is 3.06. The number of phenols is 2. The predicted molar refractivity (Wildman–Crippen MR) is 154 cm³/mol. The SMILES string of the molecule is CCNC(=O)C[C@@H]1N=C(c2ccc(Cl)cc2)c2cc(OCCCNC(=O)c3cccc(O)c3O)ccc2NC1N. The van der Waals surface area contributed by atoms with Gasteiger partial charge in [0.1, 0.15) is 5.75 Å². The van der Waals surface area contributed by atoms with E-state index in [0.29, 0.717) is 42.6 Å². The molecule has 0 saturated heterocycles. The van der Waals surface area contributed by atoms with E-state index in [1.165, 1.54) is 18.2 Å². The molecular formula is C29H32ClN5O5. The van der Waals surface area contributed by atoms with Crippen molar-refractivity contribution in [2.45, 2.75) is 32.0 Å². The van der Waals surface area contributed by atoms with E-state index in [2.05, 4.69) is 16.0 Å². The number of rotatable bonds is 10. The van der Waals surface area contributed by atoms with Gasteiger partial charge in [0, 0.05) is 34.9 Å². The van der Waals surface area contributed by atoms with Crippen molar-refractivity contribution < 1.29 is 24.5 Å². The fourth-order valence-corrected chi connectivity index (χ4v) is 4.40. The number of nitrogens with two attached hydrogens (primary N) is 1. The van der Waals surface area contributed by atoms with E-state index in [1.54, 1.807) is 12.1 Å². The number of ether oxygens (including phenoxy) is 1. The highest BCUT2D eigenvalue weighted by molar-refractivity contribution is 6.30. The number of benzene rings is 3. The summed E-state index contributed by atoms with van der Waals surface area (Å²) < 4.78 is 5.96. The van der Waals surface area contributed by atoms with Crippen LogP contribution in [0.1, 0.15) is 41.3 Å². The van der Waals surface area contributed by atoms with E-state index in [4.69, 9.17) is 27.1 Å². The zero-order valence-electron chi connectivity index (χ0n) is 22.0. The smallest absolute Gasteiger partial charge is 0.255 e. The number of carbonyl (C=O) groups excluding carboxylic acids is 2. The Morgan fingerprint density at radius 3 is 2.62 bits per heavy atom. The second-order valence-corrected chi connectivity index (χ2v) is 9.65. The number of nitrogens with zero attached hydrogens (tertiary/aromatic N) is 1. The van der Waals surface area contributed by atoms with E-state index in [0.717, 1.165) is 16.8 Å². The molecule has 0 radical (unpaired) electrons. The van der Waals surface area contributed by atoms with Crippen LogP contribution in [0.15, 0.2) is 65.7 Å². The molecule has 0 spiro atoms. The number of benzodiazepines with no additional fused rings is 1. The molecule has 1 aliphatic rings. The summed E-state index contributed by atoms with van der Waals surface area (Å²) in [5, 5.41) is 28.8. The zero-order chi connectivity index (χ0) is 28.6. The monoisotopic (exact) mass is 565 g/mol. The molecule has 10 nitrogen and oxygen atoms in total. The Balaban J connectivity index is 1.47. The molecule has 210 valence electrons. The molecule has 2 amide bonds. The third-order valence-corrected chi connectivity index (χ3v) is 6.55. The van der Waals surface area contributed by atoms with E-state index < -0.39 is 23.9 Å². The first kappa shape index (κ1) is 28.7. The summed E-state index contributed by atoms with van der Waals surface area (Å²) in [6.07, 6.45) is 0.0355. The van der Waals surface area contributed by atoms with Gasteiger partial charge in [-0.25, -0.2) is 0 Å². The van der Waals surface area contributed by atoms with Crippen LogP contribution >= 0.6 is 11.6 Å². The van der Waals surface area contributed by atoms with Crippen LogP contribution in [0.2, 0.25) is 5.02 Å². The molecule has 3 aromatic carbocycles. The largest absolute Gasteiger partial charge is 0.504 e. The molecule has 4 rings (SSSR count). The molecule has 3 aromatic rings. The maximum Gasteiger partial charge on any atom is 0.255 e. The Hall–Kier alpha value is -4.28. The van der Waals surface area contributed by atoms with Crippen LogP contribution in [0.5, 0.6) is 17.2 Å². The van der Waals surface area contributed by atoms with Crippen LogP contribution < -0.4 is 26.4 Å². The number of aliphatic imine (C=N–C) groups is 1. The lowest BCUT2D eigenvalue weighted by Crippen LogP contribution is -2.42. The van der Waals surface area contributed by atoms with Crippen molar-refractivity contribution in [3.8, 4) is 17.2 Å². The number of amides is 2. The first-order chi connectivity index (χ1) is 19.3. The van der Waals surface area contributed by atoms with Gasteiger partial charge in [0.25, 0.3) is 5.91 Å². The molecule has 1 heterocycles. The normalized spacial score (nSPS) is 16.1.